The number of fused-ring (bicyclic) bond motifs is 1. The lowest BCUT2D eigenvalue weighted by atomic mass is 9.99. The Morgan fingerprint density at radius 2 is 1.30 bits per heavy atom. The molecule has 3 aromatic carbocycles. The lowest BCUT2D eigenvalue weighted by Crippen LogP contribution is -2.35. The zero-order chi connectivity index (χ0) is 30.0. The van der Waals surface area contributed by atoms with E-state index in [4.69, 9.17) is 14.2 Å². The number of nitrogens with zero attached hydrogens (tertiary/aromatic N) is 2. The number of ether oxygens (including phenoxy) is 3. The summed E-state index contributed by atoms with van der Waals surface area (Å²) in [7, 11) is 0. The van der Waals surface area contributed by atoms with Crippen LogP contribution in [-0.4, -0.2) is 48.9 Å². The maximum atomic E-state index is 6.13. The third-order valence-corrected chi connectivity index (χ3v) is 8.77. The second-order valence-electron chi connectivity index (χ2n) is 12.2. The Balaban J connectivity index is 1.35. The van der Waals surface area contributed by atoms with Crippen molar-refractivity contribution in [3.8, 4) is 28.5 Å². The van der Waals surface area contributed by atoms with Gasteiger partial charge in [0.05, 0.1) is 18.9 Å². The Kier molecular flexibility index (Phi) is 11.1. The van der Waals surface area contributed by atoms with Crippen LogP contribution in [0.4, 0.5) is 0 Å². The fraction of sp³-hybridized carbons (Fsp3) is 0.474. The molecule has 2 heterocycles. The van der Waals surface area contributed by atoms with Crippen molar-refractivity contribution in [2.75, 3.05) is 39.5 Å². The Hall–Kier alpha value is -3.44. The van der Waals surface area contributed by atoms with Crippen molar-refractivity contribution in [2.24, 2.45) is 5.92 Å². The predicted octanol–water partition coefficient (Wildman–Crippen LogP) is 9.13. The van der Waals surface area contributed by atoms with Gasteiger partial charge >= 0.3 is 0 Å². The molecule has 1 aliphatic heterocycles. The van der Waals surface area contributed by atoms with Gasteiger partial charge in [0.15, 0.2) is 0 Å². The van der Waals surface area contributed by atoms with Crippen molar-refractivity contribution < 1.29 is 14.2 Å². The molecule has 4 aromatic rings. The van der Waals surface area contributed by atoms with Gasteiger partial charge in [0.1, 0.15) is 23.9 Å². The summed E-state index contributed by atoms with van der Waals surface area (Å²) in [5, 5.41) is 1.24. The van der Waals surface area contributed by atoms with E-state index >= 15 is 0 Å². The summed E-state index contributed by atoms with van der Waals surface area (Å²) in [6, 6.07) is 23.8. The number of piperidine rings is 1. The molecule has 5 rings (SSSR count). The summed E-state index contributed by atoms with van der Waals surface area (Å²) < 4.78 is 20.6. The van der Waals surface area contributed by atoms with Gasteiger partial charge in [-0.3, -0.25) is 4.90 Å². The van der Waals surface area contributed by atoms with Crippen LogP contribution in [-0.2, 0) is 6.54 Å². The van der Waals surface area contributed by atoms with Gasteiger partial charge in [-0.2, -0.15) is 0 Å². The minimum atomic E-state index is 0.736. The van der Waals surface area contributed by atoms with Crippen LogP contribution in [0.1, 0.15) is 70.4 Å². The van der Waals surface area contributed by atoms with Gasteiger partial charge in [-0.05, 0) is 123 Å². The number of rotatable bonds is 15. The molecule has 1 saturated heterocycles. The van der Waals surface area contributed by atoms with E-state index in [9.17, 15) is 0 Å². The maximum absolute atomic E-state index is 6.13. The number of unbranched alkanes of at least 4 members (excludes halogenated alkanes) is 2. The zero-order valence-corrected chi connectivity index (χ0v) is 26.7. The summed E-state index contributed by atoms with van der Waals surface area (Å²) >= 11 is 0. The van der Waals surface area contributed by atoms with Gasteiger partial charge in [0, 0.05) is 24.0 Å². The van der Waals surface area contributed by atoms with Crippen LogP contribution in [0.25, 0.3) is 22.2 Å². The van der Waals surface area contributed by atoms with Crippen LogP contribution in [0.2, 0.25) is 0 Å². The number of likely N-dealkylation sites (tertiary alicyclic amines) is 1. The van der Waals surface area contributed by atoms with Crippen LogP contribution in [0.15, 0.2) is 66.7 Å². The summed E-state index contributed by atoms with van der Waals surface area (Å²) in [5.41, 5.74) is 6.16. The van der Waals surface area contributed by atoms with Crippen LogP contribution >= 0.6 is 0 Å². The SMILES string of the molecule is CCCCOc1ccc(-c2c(C)c3cc(OCCCC)ccc3n2Cc2ccc(OCCN3CCC(C)CC3)cc2)cc1. The highest BCUT2D eigenvalue weighted by Crippen LogP contribution is 2.36. The number of aromatic nitrogens is 1. The van der Waals surface area contributed by atoms with Gasteiger partial charge < -0.3 is 18.8 Å². The summed E-state index contributed by atoms with van der Waals surface area (Å²) in [4.78, 5) is 2.53. The second-order valence-corrected chi connectivity index (χ2v) is 12.2. The highest BCUT2D eigenvalue weighted by molar-refractivity contribution is 5.92. The Bertz CT molecular complexity index is 1420. The largest absolute Gasteiger partial charge is 0.494 e. The van der Waals surface area contributed by atoms with Crippen molar-refractivity contribution in [1.82, 2.24) is 9.47 Å². The normalized spacial score (nSPS) is 14.3. The van der Waals surface area contributed by atoms with Crippen molar-refractivity contribution in [2.45, 2.75) is 72.8 Å². The quantitative estimate of drug-likeness (QED) is 0.131. The van der Waals surface area contributed by atoms with Gasteiger partial charge in [-0.25, -0.2) is 0 Å². The maximum Gasteiger partial charge on any atom is 0.120 e. The summed E-state index contributed by atoms with van der Waals surface area (Å²) in [6.45, 7) is 15.4. The van der Waals surface area contributed by atoms with E-state index in [0.29, 0.717) is 0 Å². The molecule has 0 radical (unpaired) electrons. The molecule has 43 heavy (non-hydrogen) atoms. The number of benzene rings is 3. The van der Waals surface area contributed by atoms with Crippen LogP contribution in [0.5, 0.6) is 17.2 Å². The third kappa shape index (κ3) is 8.14. The molecule has 0 N–H and O–H groups in total. The first-order valence-electron chi connectivity index (χ1n) is 16.5. The van der Waals surface area contributed by atoms with Gasteiger partial charge in [-0.1, -0.05) is 45.7 Å². The standard InChI is InChI=1S/C38H50N2O3/c1-5-7-24-41-34-15-11-32(12-16-34)38-30(4)36-27-35(42-25-8-6-2)17-18-37(36)40(38)28-31-9-13-33(14-10-31)43-26-23-39-21-19-29(3)20-22-39/h9-18,27,29H,5-8,19-26,28H2,1-4H3. The molecule has 1 aliphatic rings. The molecule has 0 spiro atoms. The first-order chi connectivity index (χ1) is 21.1. The van der Waals surface area contributed by atoms with Crippen LogP contribution < -0.4 is 14.2 Å². The molecule has 1 fully saturated rings. The third-order valence-electron chi connectivity index (χ3n) is 8.77. The molecule has 230 valence electrons. The Morgan fingerprint density at radius 1 is 0.721 bits per heavy atom. The van der Waals surface area contributed by atoms with Crippen LogP contribution in [0.3, 0.4) is 0 Å². The lowest BCUT2D eigenvalue weighted by Gasteiger charge is -2.29. The molecule has 0 amide bonds. The Labute approximate surface area is 258 Å². The second kappa shape index (κ2) is 15.3. The van der Waals surface area contributed by atoms with E-state index in [1.807, 2.05) is 0 Å². The molecule has 5 nitrogen and oxygen atoms in total. The molecule has 0 aliphatic carbocycles. The smallest absolute Gasteiger partial charge is 0.120 e. The van der Waals surface area contributed by atoms with Crippen LogP contribution in [0, 0.1) is 12.8 Å². The molecule has 0 atom stereocenters. The van der Waals surface area contributed by atoms with Gasteiger partial charge in [0.25, 0.3) is 0 Å². The lowest BCUT2D eigenvalue weighted by molar-refractivity contribution is 0.160. The van der Waals surface area contributed by atoms with E-state index < -0.39 is 0 Å². The van der Waals surface area contributed by atoms with Crippen molar-refractivity contribution in [3.05, 3.63) is 77.9 Å². The molecule has 5 heteroatoms. The van der Waals surface area contributed by atoms with Crippen molar-refractivity contribution >= 4 is 10.9 Å². The van der Waals surface area contributed by atoms with E-state index in [0.717, 1.165) is 81.8 Å². The number of hydrogen-bond donors (Lipinski definition) is 0. The van der Waals surface area contributed by atoms with Gasteiger partial charge in [0.2, 0.25) is 0 Å². The van der Waals surface area contributed by atoms with Crippen molar-refractivity contribution in [3.63, 3.8) is 0 Å². The molecular formula is C38H50N2O3. The zero-order valence-electron chi connectivity index (χ0n) is 26.7. The van der Waals surface area contributed by atoms with Crippen molar-refractivity contribution in [1.29, 1.82) is 0 Å². The summed E-state index contributed by atoms with van der Waals surface area (Å²) in [5.74, 6) is 3.66. The fourth-order valence-corrected chi connectivity index (χ4v) is 5.96. The molecular weight excluding hydrogens is 532 g/mol. The first-order valence-corrected chi connectivity index (χ1v) is 16.5. The number of hydrogen-bond acceptors (Lipinski definition) is 4. The first kappa shape index (κ1) is 31.0. The molecule has 0 bridgehead atoms. The molecule has 0 saturated carbocycles. The minimum Gasteiger partial charge on any atom is -0.494 e. The minimum absolute atomic E-state index is 0.736. The monoisotopic (exact) mass is 582 g/mol. The predicted molar refractivity (Wildman–Crippen MR) is 179 cm³/mol. The summed E-state index contributed by atoms with van der Waals surface area (Å²) in [6.07, 6.45) is 6.99. The van der Waals surface area contributed by atoms with E-state index in [2.05, 4.69) is 104 Å². The molecule has 1 aromatic heterocycles. The number of aryl methyl sites for hydroxylation is 1. The average Bonchev–Trinajstić information content (AvgIpc) is 3.30. The van der Waals surface area contributed by atoms with E-state index in [1.165, 1.54) is 59.2 Å². The fourth-order valence-electron chi connectivity index (χ4n) is 5.96. The average molecular weight is 583 g/mol. The topological polar surface area (TPSA) is 35.9 Å². The molecule has 0 unspecified atom stereocenters. The highest BCUT2D eigenvalue weighted by atomic mass is 16.5. The van der Waals surface area contributed by atoms with E-state index in [-0.39, 0.29) is 0 Å². The highest BCUT2D eigenvalue weighted by Gasteiger charge is 2.18. The van der Waals surface area contributed by atoms with Gasteiger partial charge in [-0.15, -0.1) is 0 Å². The Morgan fingerprint density at radius 3 is 1.95 bits per heavy atom. The van der Waals surface area contributed by atoms with E-state index in [1.54, 1.807) is 0 Å².